The molecule has 0 aliphatic carbocycles. The first-order chi connectivity index (χ1) is 7.91. The summed E-state index contributed by atoms with van der Waals surface area (Å²) in [6.45, 7) is 8.76. The van der Waals surface area contributed by atoms with Crippen molar-refractivity contribution < 1.29 is 9.90 Å². The number of hydrogen-bond acceptors (Lipinski definition) is 3. The van der Waals surface area contributed by atoms with Gasteiger partial charge in [-0.15, -0.1) is 0 Å². The number of likely N-dealkylation sites (N-methyl/N-ethyl adjacent to an activating group) is 1. The summed E-state index contributed by atoms with van der Waals surface area (Å²) < 4.78 is 0. The standard InChI is InChI=1S/C13H26N2O2/c1-10(2)15-9-12(5-6-13(16)17)14(4)8-7-11(15)3/h10-12H,5-9H2,1-4H3,(H,16,17). The van der Waals surface area contributed by atoms with Gasteiger partial charge >= 0.3 is 5.97 Å². The Kier molecular flexibility index (Phi) is 5.40. The molecule has 1 N–H and O–H groups in total. The molecule has 2 atom stereocenters. The van der Waals surface area contributed by atoms with E-state index in [-0.39, 0.29) is 6.42 Å². The lowest BCUT2D eigenvalue weighted by atomic mass is 10.1. The molecule has 0 spiro atoms. The minimum absolute atomic E-state index is 0.273. The minimum Gasteiger partial charge on any atom is -0.481 e. The molecular formula is C13H26N2O2. The highest BCUT2D eigenvalue weighted by Crippen LogP contribution is 2.19. The molecule has 1 fully saturated rings. The zero-order valence-corrected chi connectivity index (χ0v) is 11.5. The SMILES string of the molecule is CC(C)N1CC(CCC(=O)O)N(C)CCC1C. The molecule has 2 unspecified atom stereocenters. The van der Waals surface area contributed by atoms with Crippen molar-refractivity contribution in [1.82, 2.24) is 9.80 Å². The van der Waals surface area contributed by atoms with Gasteiger partial charge in [0.2, 0.25) is 0 Å². The van der Waals surface area contributed by atoms with Crippen LogP contribution < -0.4 is 0 Å². The number of aliphatic carboxylic acids is 1. The van der Waals surface area contributed by atoms with Gasteiger partial charge in [0.15, 0.2) is 0 Å². The fourth-order valence-corrected chi connectivity index (χ4v) is 2.62. The maximum atomic E-state index is 10.7. The van der Waals surface area contributed by atoms with E-state index in [0.29, 0.717) is 18.1 Å². The summed E-state index contributed by atoms with van der Waals surface area (Å²) in [5.41, 5.74) is 0. The summed E-state index contributed by atoms with van der Waals surface area (Å²) in [7, 11) is 2.11. The van der Waals surface area contributed by atoms with Crippen LogP contribution in [-0.4, -0.2) is 59.1 Å². The molecule has 1 heterocycles. The second-order valence-electron chi connectivity index (χ2n) is 5.50. The first kappa shape index (κ1) is 14.5. The van der Waals surface area contributed by atoms with E-state index < -0.39 is 5.97 Å². The highest BCUT2D eigenvalue weighted by atomic mass is 16.4. The van der Waals surface area contributed by atoms with Gasteiger partial charge in [-0.2, -0.15) is 0 Å². The first-order valence-corrected chi connectivity index (χ1v) is 6.59. The van der Waals surface area contributed by atoms with Crippen LogP contribution in [0.25, 0.3) is 0 Å². The number of carboxylic acids is 1. The normalized spacial score (nSPS) is 28.3. The Hall–Kier alpha value is -0.610. The van der Waals surface area contributed by atoms with Crippen LogP contribution >= 0.6 is 0 Å². The zero-order valence-electron chi connectivity index (χ0n) is 11.5. The summed E-state index contributed by atoms with van der Waals surface area (Å²) in [6, 6.07) is 1.49. The van der Waals surface area contributed by atoms with Gasteiger partial charge in [0, 0.05) is 31.1 Å². The summed E-state index contributed by atoms with van der Waals surface area (Å²) >= 11 is 0. The van der Waals surface area contributed by atoms with E-state index in [1.165, 1.54) is 0 Å². The van der Waals surface area contributed by atoms with E-state index in [2.05, 4.69) is 37.6 Å². The monoisotopic (exact) mass is 242 g/mol. The Morgan fingerprint density at radius 3 is 2.65 bits per heavy atom. The van der Waals surface area contributed by atoms with E-state index in [1.54, 1.807) is 0 Å². The van der Waals surface area contributed by atoms with Crippen LogP contribution in [0.3, 0.4) is 0 Å². The molecular weight excluding hydrogens is 216 g/mol. The summed E-state index contributed by atoms with van der Waals surface area (Å²) in [6.07, 6.45) is 2.19. The van der Waals surface area contributed by atoms with E-state index in [9.17, 15) is 4.79 Å². The molecule has 100 valence electrons. The fourth-order valence-electron chi connectivity index (χ4n) is 2.62. The van der Waals surface area contributed by atoms with Crippen LogP contribution in [0.15, 0.2) is 0 Å². The van der Waals surface area contributed by atoms with Crippen molar-refractivity contribution in [3.05, 3.63) is 0 Å². The molecule has 0 aromatic heterocycles. The van der Waals surface area contributed by atoms with Crippen LogP contribution in [0.1, 0.15) is 40.0 Å². The molecule has 1 saturated heterocycles. The number of hydrogen-bond donors (Lipinski definition) is 1. The lowest BCUT2D eigenvalue weighted by Gasteiger charge is -2.33. The van der Waals surface area contributed by atoms with Crippen molar-refractivity contribution in [2.24, 2.45) is 0 Å². The molecule has 1 aliphatic rings. The van der Waals surface area contributed by atoms with Crippen molar-refractivity contribution in [2.75, 3.05) is 20.1 Å². The molecule has 4 nitrogen and oxygen atoms in total. The van der Waals surface area contributed by atoms with Gasteiger partial charge in [-0.3, -0.25) is 9.69 Å². The third-order valence-corrected chi connectivity index (χ3v) is 3.87. The van der Waals surface area contributed by atoms with Gasteiger partial charge in [0.1, 0.15) is 0 Å². The Labute approximate surface area is 105 Å². The number of carbonyl (C=O) groups is 1. The average molecular weight is 242 g/mol. The minimum atomic E-state index is -0.688. The zero-order chi connectivity index (χ0) is 13.0. The molecule has 17 heavy (non-hydrogen) atoms. The smallest absolute Gasteiger partial charge is 0.303 e. The summed E-state index contributed by atoms with van der Waals surface area (Å²) in [5, 5.41) is 8.80. The summed E-state index contributed by atoms with van der Waals surface area (Å²) in [4.78, 5) is 15.5. The van der Waals surface area contributed by atoms with Gasteiger partial charge in [-0.1, -0.05) is 0 Å². The largest absolute Gasteiger partial charge is 0.481 e. The third kappa shape index (κ3) is 4.28. The highest BCUT2D eigenvalue weighted by molar-refractivity contribution is 5.66. The Bertz CT molecular complexity index is 256. The Morgan fingerprint density at radius 1 is 1.47 bits per heavy atom. The second-order valence-corrected chi connectivity index (χ2v) is 5.50. The van der Waals surface area contributed by atoms with Gasteiger partial charge in [0.25, 0.3) is 0 Å². The quantitative estimate of drug-likeness (QED) is 0.814. The van der Waals surface area contributed by atoms with E-state index >= 15 is 0 Å². The van der Waals surface area contributed by atoms with Crippen LogP contribution in [0.2, 0.25) is 0 Å². The molecule has 0 aromatic carbocycles. The Balaban J connectivity index is 2.63. The second kappa shape index (κ2) is 6.36. The summed E-state index contributed by atoms with van der Waals surface area (Å²) in [5.74, 6) is -0.688. The maximum Gasteiger partial charge on any atom is 0.303 e. The maximum absolute atomic E-state index is 10.7. The van der Waals surface area contributed by atoms with Gasteiger partial charge in [-0.05, 0) is 47.2 Å². The predicted molar refractivity (Wildman–Crippen MR) is 69.2 cm³/mol. The van der Waals surface area contributed by atoms with Gasteiger partial charge < -0.3 is 10.0 Å². The third-order valence-electron chi connectivity index (χ3n) is 3.87. The highest BCUT2D eigenvalue weighted by Gasteiger charge is 2.28. The number of carboxylic acid groups (broad SMARTS) is 1. The molecule has 0 radical (unpaired) electrons. The number of nitrogens with zero attached hydrogens (tertiary/aromatic N) is 2. The van der Waals surface area contributed by atoms with Crippen LogP contribution in [-0.2, 0) is 4.79 Å². The first-order valence-electron chi connectivity index (χ1n) is 6.59. The number of rotatable bonds is 4. The molecule has 0 amide bonds. The average Bonchev–Trinajstić information content (AvgIpc) is 2.37. The van der Waals surface area contributed by atoms with E-state index in [0.717, 1.165) is 25.9 Å². The van der Waals surface area contributed by atoms with Crippen LogP contribution in [0.5, 0.6) is 0 Å². The molecule has 0 saturated carbocycles. The molecule has 0 aromatic rings. The van der Waals surface area contributed by atoms with Crippen LogP contribution in [0.4, 0.5) is 0 Å². The van der Waals surface area contributed by atoms with E-state index in [1.807, 2.05) is 0 Å². The van der Waals surface area contributed by atoms with Crippen LogP contribution in [0, 0.1) is 0 Å². The lowest BCUT2D eigenvalue weighted by Crippen LogP contribution is -2.44. The van der Waals surface area contributed by atoms with Gasteiger partial charge in [-0.25, -0.2) is 0 Å². The molecule has 4 heteroatoms. The van der Waals surface area contributed by atoms with Crippen molar-refractivity contribution in [2.45, 2.75) is 58.2 Å². The Morgan fingerprint density at radius 2 is 2.12 bits per heavy atom. The van der Waals surface area contributed by atoms with Crippen molar-refractivity contribution >= 4 is 5.97 Å². The lowest BCUT2D eigenvalue weighted by molar-refractivity contribution is -0.137. The molecule has 0 bridgehead atoms. The van der Waals surface area contributed by atoms with Crippen molar-refractivity contribution in [3.63, 3.8) is 0 Å². The molecule has 1 aliphatic heterocycles. The molecule has 1 rings (SSSR count). The van der Waals surface area contributed by atoms with Crippen molar-refractivity contribution in [3.8, 4) is 0 Å². The predicted octanol–water partition coefficient (Wildman–Crippen LogP) is 1.65. The van der Waals surface area contributed by atoms with Crippen molar-refractivity contribution in [1.29, 1.82) is 0 Å². The topological polar surface area (TPSA) is 43.8 Å². The van der Waals surface area contributed by atoms with Gasteiger partial charge in [0.05, 0.1) is 0 Å². The van der Waals surface area contributed by atoms with E-state index in [4.69, 9.17) is 5.11 Å². The fraction of sp³-hybridized carbons (Fsp3) is 0.923.